The molecule has 0 spiro atoms. The van der Waals surface area contributed by atoms with E-state index in [0.717, 1.165) is 22.3 Å². The number of methoxy groups -OCH3 is 1. The maximum absolute atomic E-state index is 13.0. The summed E-state index contributed by atoms with van der Waals surface area (Å²) in [6.45, 7) is 5.92. The van der Waals surface area contributed by atoms with Crippen LogP contribution in [0.15, 0.2) is 48.5 Å². The zero-order valence-corrected chi connectivity index (χ0v) is 20.7. The molecule has 0 bridgehead atoms. The SMILES string of the molecule is COCCC(NC(=O)OCC1c2ccccc2-c2ccccc21)C(=O)NC(CC(=O)O)C(C)(C)C. The van der Waals surface area contributed by atoms with Crippen molar-refractivity contribution < 1.29 is 29.0 Å². The van der Waals surface area contributed by atoms with Gasteiger partial charge in [0.1, 0.15) is 12.6 Å². The number of aliphatic carboxylic acids is 1. The summed E-state index contributed by atoms with van der Waals surface area (Å²) >= 11 is 0. The van der Waals surface area contributed by atoms with E-state index in [0.29, 0.717) is 0 Å². The first-order valence-corrected chi connectivity index (χ1v) is 11.7. The number of rotatable bonds is 10. The molecule has 8 heteroatoms. The normalized spacial score (nSPS) is 14.4. The molecule has 2 aromatic carbocycles. The lowest BCUT2D eigenvalue weighted by molar-refractivity contribution is -0.138. The molecule has 35 heavy (non-hydrogen) atoms. The van der Waals surface area contributed by atoms with Gasteiger partial charge in [0, 0.05) is 32.1 Å². The third-order valence-electron chi connectivity index (χ3n) is 6.30. The molecule has 2 unspecified atom stereocenters. The number of carboxylic acid groups (broad SMARTS) is 1. The molecule has 0 saturated heterocycles. The number of amides is 2. The van der Waals surface area contributed by atoms with Crippen LogP contribution < -0.4 is 10.6 Å². The Kier molecular flexibility index (Phi) is 8.51. The monoisotopic (exact) mass is 482 g/mol. The highest BCUT2D eigenvalue weighted by molar-refractivity contribution is 5.86. The molecule has 3 rings (SSSR count). The number of carbonyl (C=O) groups is 3. The van der Waals surface area contributed by atoms with Crippen molar-refractivity contribution in [3.8, 4) is 11.1 Å². The van der Waals surface area contributed by atoms with Gasteiger partial charge in [-0.15, -0.1) is 0 Å². The number of fused-ring (bicyclic) bond motifs is 3. The minimum absolute atomic E-state index is 0.0970. The molecular weight excluding hydrogens is 448 g/mol. The van der Waals surface area contributed by atoms with E-state index in [1.165, 1.54) is 7.11 Å². The van der Waals surface area contributed by atoms with E-state index >= 15 is 0 Å². The molecule has 188 valence electrons. The molecule has 8 nitrogen and oxygen atoms in total. The number of benzene rings is 2. The fourth-order valence-corrected chi connectivity index (χ4v) is 4.31. The second-order valence-corrected chi connectivity index (χ2v) is 9.83. The maximum Gasteiger partial charge on any atom is 0.407 e. The highest BCUT2D eigenvalue weighted by atomic mass is 16.5. The minimum atomic E-state index is -1.01. The lowest BCUT2D eigenvalue weighted by Gasteiger charge is -2.32. The van der Waals surface area contributed by atoms with E-state index in [1.54, 1.807) is 0 Å². The molecular formula is C27H34N2O6. The summed E-state index contributed by atoms with van der Waals surface area (Å²) in [4.78, 5) is 37.0. The van der Waals surface area contributed by atoms with Crippen molar-refractivity contribution in [2.75, 3.05) is 20.3 Å². The van der Waals surface area contributed by atoms with Gasteiger partial charge >= 0.3 is 12.1 Å². The Morgan fingerprint density at radius 1 is 0.971 bits per heavy atom. The van der Waals surface area contributed by atoms with Crippen molar-refractivity contribution in [1.82, 2.24) is 10.6 Å². The molecule has 0 saturated carbocycles. The summed E-state index contributed by atoms with van der Waals surface area (Å²) in [7, 11) is 1.50. The topological polar surface area (TPSA) is 114 Å². The highest BCUT2D eigenvalue weighted by Gasteiger charge is 2.32. The van der Waals surface area contributed by atoms with Crippen LogP contribution in [0.5, 0.6) is 0 Å². The summed E-state index contributed by atoms with van der Waals surface area (Å²) in [6.07, 6.45) is -0.721. The second kappa shape index (κ2) is 11.4. The van der Waals surface area contributed by atoms with Crippen molar-refractivity contribution in [2.45, 2.75) is 51.6 Å². The van der Waals surface area contributed by atoms with Gasteiger partial charge in [-0.1, -0.05) is 69.3 Å². The highest BCUT2D eigenvalue weighted by Crippen LogP contribution is 2.44. The molecule has 0 aromatic heterocycles. The molecule has 1 aliphatic carbocycles. The first-order valence-electron chi connectivity index (χ1n) is 11.7. The molecule has 2 atom stereocenters. The Morgan fingerprint density at radius 3 is 2.06 bits per heavy atom. The third kappa shape index (κ3) is 6.60. The molecule has 1 aliphatic rings. The van der Waals surface area contributed by atoms with Gasteiger partial charge < -0.3 is 25.2 Å². The van der Waals surface area contributed by atoms with Gasteiger partial charge in [-0.3, -0.25) is 9.59 Å². The number of alkyl carbamates (subject to hydrolysis) is 1. The van der Waals surface area contributed by atoms with Crippen molar-refractivity contribution >= 4 is 18.0 Å². The van der Waals surface area contributed by atoms with Crippen molar-refractivity contribution in [2.24, 2.45) is 5.41 Å². The minimum Gasteiger partial charge on any atom is -0.481 e. The van der Waals surface area contributed by atoms with E-state index < -0.39 is 35.5 Å². The van der Waals surface area contributed by atoms with Gasteiger partial charge in [-0.2, -0.15) is 0 Å². The summed E-state index contributed by atoms with van der Waals surface area (Å²) in [5.74, 6) is -1.58. The number of ether oxygens (including phenoxy) is 2. The van der Waals surface area contributed by atoms with Crippen LogP contribution in [0, 0.1) is 5.41 Å². The summed E-state index contributed by atoms with van der Waals surface area (Å²) in [5.41, 5.74) is 3.96. The number of carbonyl (C=O) groups excluding carboxylic acids is 2. The van der Waals surface area contributed by atoms with Crippen LogP contribution >= 0.6 is 0 Å². The zero-order chi connectivity index (χ0) is 25.6. The van der Waals surface area contributed by atoms with Crippen LogP contribution in [-0.4, -0.2) is 55.5 Å². The van der Waals surface area contributed by atoms with Crippen LogP contribution in [0.3, 0.4) is 0 Å². The smallest absolute Gasteiger partial charge is 0.407 e. The Labute approximate surface area is 206 Å². The number of hydrogen-bond donors (Lipinski definition) is 3. The Hall–Kier alpha value is -3.39. The van der Waals surface area contributed by atoms with E-state index in [2.05, 4.69) is 22.8 Å². The van der Waals surface area contributed by atoms with Crippen LogP contribution in [0.25, 0.3) is 11.1 Å². The first-order chi connectivity index (χ1) is 16.6. The van der Waals surface area contributed by atoms with Crippen LogP contribution in [0.4, 0.5) is 4.79 Å². The Morgan fingerprint density at radius 2 is 1.54 bits per heavy atom. The summed E-state index contributed by atoms with van der Waals surface area (Å²) in [5, 5.41) is 14.7. The predicted molar refractivity (Wildman–Crippen MR) is 132 cm³/mol. The number of hydrogen-bond acceptors (Lipinski definition) is 5. The standard InChI is InChI=1S/C27H34N2O6/c1-27(2,3)23(15-24(30)31)29-25(32)22(13-14-34-4)28-26(33)35-16-21-19-11-7-5-9-17(19)18-10-6-8-12-20(18)21/h5-12,21-23H,13-16H2,1-4H3,(H,28,33)(H,29,32)(H,30,31). The fraction of sp³-hybridized carbons (Fsp3) is 0.444. The number of nitrogens with one attached hydrogen (secondary N) is 2. The largest absolute Gasteiger partial charge is 0.481 e. The molecule has 0 fully saturated rings. The van der Waals surface area contributed by atoms with Gasteiger partial charge in [-0.25, -0.2) is 4.79 Å². The van der Waals surface area contributed by atoms with Crippen molar-refractivity contribution in [3.05, 3.63) is 59.7 Å². The van der Waals surface area contributed by atoms with Gasteiger partial charge in [-0.05, 0) is 27.7 Å². The Bertz CT molecular complexity index is 1020. The first kappa shape index (κ1) is 26.2. The number of carboxylic acids is 1. The lowest BCUT2D eigenvalue weighted by Crippen LogP contribution is -2.53. The van der Waals surface area contributed by atoms with Crippen LogP contribution in [0.2, 0.25) is 0 Å². The maximum atomic E-state index is 13.0. The molecule has 3 N–H and O–H groups in total. The van der Waals surface area contributed by atoms with Gasteiger partial charge in [0.15, 0.2) is 0 Å². The van der Waals surface area contributed by atoms with Crippen LogP contribution in [0.1, 0.15) is 50.7 Å². The van der Waals surface area contributed by atoms with E-state index in [4.69, 9.17) is 9.47 Å². The van der Waals surface area contributed by atoms with Crippen LogP contribution in [-0.2, 0) is 19.1 Å². The molecule has 2 aromatic rings. The molecule has 0 heterocycles. The second-order valence-electron chi connectivity index (χ2n) is 9.83. The van der Waals surface area contributed by atoms with Gasteiger partial charge in [0.25, 0.3) is 0 Å². The van der Waals surface area contributed by atoms with Crippen molar-refractivity contribution in [1.29, 1.82) is 0 Å². The molecule has 2 amide bonds. The third-order valence-corrected chi connectivity index (χ3v) is 6.30. The van der Waals surface area contributed by atoms with Gasteiger partial charge in [0.2, 0.25) is 5.91 Å². The average molecular weight is 483 g/mol. The van der Waals surface area contributed by atoms with Crippen molar-refractivity contribution in [3.63, 3.8) is 0 Å². The summed E-state index contributed by atoms with van der Waals surface area (Å²) < 4.78 is 10.7. The fourth-order valence-electron chi connectivity index (χ4n) is 4.31. The average Bonchev–Trinajstić information content (AvgIpc) is 3.12. The molecule has 0 radical (unpaired) electrons. The zero-order valence-electron chi connectivity index (χ0n) is 20.7. The Balaban J connectivity index is 1.67. The van der Waals surface area contributed by atoms with Gasteiger partial charge in [0.05, 0.1) is 6.42 Å². The molecule has 0 aliphatic heterocycles. The lowest BCUT2D eigenvalue weighted by atomic mass is 9.84. The summed E-state index contributed by atoms with van der Waals surface area (Å²) in [6, 6.07) is 14.5. The van der Waals surface area contributed by atoms with E-state index in [1.807, 2.05) is 57.2 Å². The predicted octanol–water partition coefficient (Wildman–Crippen LogP) is 3.94. The van der Waals surface area contributed by atoms with E-state index in [-0.39, 0.29) is 32.0 Å². The quantitative estimate of drug-likeness (QED) is 0.473. The van der Waals surface area contributed by atoms with E-state index in [9.17, 15) is 19.5 Å².